The quantitative estimate of drug-likeness (QED) is 0.212. The lowest BCUT2D eigenvalue weighted by Crippen LogP contribution is -2.38. The summed E-state index contributed by atoms with van der Waals surface area (Å²) in [5.41, 5.74) is 2.90. The van der Waals surface area contributed by atoms with Crippen molar-refractivity contribution in [3.8, 4) is 11.6 Å². The van der Waals surface area contributed by atoms with E-state index in [1.54, 1.807) is 40.1 Å². The van der Waals surface area contributed by atoms with Crippen LogP contribution in [0, 0.1) is 0 Å². The average molecular weight is 584 g/mol. The number of methoxy groups -OCH3 is 1. The highest BCUT2D eigenvalue weighted by molar-refractivity contribution is 6.14. The summed E-state index contributed by atoms with van der Waals surface area (Å²) in [5, 5.41) is 0. The van der Waals surface area contributed by atoms with E-state index in [-0.39, 0.29) is 29.4 Å². The maximum Gasteiger partial charge on any atom is 0.415 e. The van der Waals surface area contributed by atoms with E-state index in [9.17, 15) is 9.59 Å². The number of benzene rings is 2. The van der Waals surface area contributed by atoms with Gasteiger partial charge in [-0.25, -0.2) is 9.78 Å². The predicted octanol–water partition coefficient (Wildman–Crippen LogP) is 6.47. The number of nitrogens with zero attached hydrogens (tertiary/aromatic N) is 4. The summed E-state index contributed by atoms with van der Waals surface area (Å²) in [5.74, 6) is 1.31. The molecule has 1 aliphatic rings. The van der Waals surface area contributed by atoms with Crippen LogP contribution in [0.3, 0.4) is 0 Å². The van der Waals surface area contributed by atoms with Crippen LogP contribution in [0.25, 0.3) is 0 Å². The van der Waals surface area contributed by atoms with E-state index in [2.05, 4.69) is 16.0 Å². The number of rotatable bonds is 10. The second-order valence-corrected chi connectivity index (χ2v) is 11.3. The molecule has 5 rings (SSSR count). The molecule has 0 bridgehead atoms. The van der Waals surface area contributed by atoms with Gasteiger partial charge >= 0.3 is 6.09 Å². The summed E-state index contributed by atoms with van der Waals surface area (Å²) < 4.78 is 17.1. The highest BCUT2D eigenvalue weighted by atomic mass is 16.6. The smallest absolute Gasteiger partial charge is 0.415 e. The molecule has 10 heteroatoms. The normalized spacial score (nSPS) is 12.5. The molecule has 0 saturated carbocycles. The molecule has 0 aliphatic carbocycles. The second kappa shape index (κ2) is 12.6. The van der Waals surface area contributed by atoms with Gasteiger partial charge in [0.05, 0.1) is 12.7 Å². The van der Waals surface area contributed by atoms with E-state index < -0.39 is 11.7 Å². The number of ether oxygens (including phenoxy) is 3. The van der Waals surface area contributed by atoms with Crippen molar-refractivity contribution < 1.29 is 23.8 Å². The minimum absolute atomic E-state index is 0.154. The zero-order valence-electron chi connectivity index (χ0n) is 25.2. The van der Waals surface area contributed by atoms with Gasteiger partial charge in [0, 0.05) is 31.2 Å². The summed E-state index contributed by atoms with van der Waals surface area (Å²) >= 11 is 0. The Morgan fingerprint density at radius 2 is 1.81 bits per heavy atom. The van der Waals surface area contributed by atoms with Crippen LogP contribution in [-0.2, 0) is 17.8 Å². The van der Waals surface area contributed by atoms with Crippen LogP contribution in [0.4, 0.5) is 22.2 Å². The van der Waals surface area contributed by atoms with Crippen LogP contribution in [0.5, 0.6) is 11.6 Å². The number of aromatic amines is 1. The molecule has 0 spiro atoms. The number of hydrogen-bond donors (Lipinski definition) is 1. The first-order chi connectivity index (χ1) is 20.7. The molecule has 4 aromatic rings. The lowest BCUT2D eigenvalue weighted by Gasteiger charge is -2.27. The molecule has 0 unspecified atom stereocenters. The number of para-hydroxylation sites is 1. The Kier molecular flexibility index (Phi) is 8.66. The van der Waals surface area contributed by atoms with E-state index in [0.29, 0.717) is 31.3 Å². The fourth-order valence-corrected chi connectivity index (χ4v) is 4.92. The molecule has 1 aliphatic heterocycles. The van der Waals surface area contributed by atoms with Crippen LogP contribution in [0.1, 0.15) is 61.2 Å². The molecule has 43 heavy (non-hydrogen) atoms. The number of aromatic nitrogens is 3. The third kappa shape index (κ3) is 6.63. The molecule has 0 radical (unpaired) electrons. The number of fused-ring (bicyclic) bond motifs is 1. The van der Waals surface area contributed by atoms with Crippen LogP contribution in [0.15, 0.2) is 67.0 Å². The van der Waals surface area contributed by atoms with Gasteiger partial charge in [-0.2, -0.15) is 4.98 Å². The van der Waals surface area contributed by atoms with Crippen molar-refractivity contribution in [3.63, 3.8) is 0 Å². The monoisotopic (exact) mass is 583 g/mol. The van der Waals surface area contributed by atoms with E-state index >= 15 is 0 Å². The van der Waals surface area contributed by atoms with Gasteiger partial charge in [-0.3, -0.25) is 9.69 Å². The first-order valence-electron chi connectivity index (χ1n) is 14.4. The van der Waals surface area contributed by atoms with Crippen molar-refractivity contribution in [1.82, 2.24) is 15.0 Å². The minimum Gasteiger partial charge on any atom is -0.497 e. The van der Waals surface area contributed by atoms with Gasteiger partial charge in [0.2, 0.25) is 17.6 Å². The third-order valence-corrected chi connectivity index (χ3v) is 6.95. The maximum absolute atomic E-state index is 14.1. The van der Waals surface area contributed by atoms with E-state index in [0.717, 1.165) is 23.4 Å². The molecule has 10 nitrogen and oxygen atoms in total. The van der Waals surface area contributed by atoms with Crippen molar-refractivity contribution in [2.75, 3.05) is 30.0 Å². The van der Waals surface area contributed by atoms with E-state index in [1.807, 2.05) is 54.3 Å². The third-order valence-electron chi connectivity index (χ3n) is 6.95. The molecule has 2 aromatic heterocycles. The number of nitrogens with one attached hydrogen (secondary N) is 1. The number of carbonyl (C=O) groups excluding carboxylic acids is 2. The fraction of sp³-hybridized carbons (Fsp3) is 0.333. The van der Waals surface area contributed by atoms with Crippen LogP contribution < -0.4 is 19.3 Å². The summed E-state index contributed by atoms with van der Waals surface area (Å²) in [7, 11) is 1.61. The van der Waals surface area contributed by atoms with Gasteiger partial charge in [-0.05, 0) is 69.0 Å². The van der Waals surface area contributed by atoms with Crippen LogP contribution >= 0.6 is 0 Å². The van der Waals surface area contributed by atoms with Gasteiger partial charge < -0.3 is 24.1 Å². The van der Waals surface area contributed by atoms with Crippen molar-refractivity contribution in [2.24, 2.45) is 0 Å². The molecular weight excluding hydrogens is 546 g/mol. The lowest BCUT2D eigenvalue weighted by molar-refractivity contribution is 0.0579. The van der Waals surface area contributed by atoms with E-state index in [4.69, 9.17) is 19.2 Å². The Labute approximate surface area is 251 Å². The number of H-pyrrole nitrogens is 1. The summed E-state index contributed by atoms with van der Waals surface area (Å²) in [4.78, 5) is 43.1. The number of carbonyl (C=O) groups is 2. The van der Waals surface area contributed by atoms with Gasteiger partial charge in [0.25, 0.3) is 0 Å². The number of hydrogen-bond acceptors (Lipinski definition) is 8. The number of ketones is 1. The SMILES string of the molecule is CCCN(C(=O)OC(C)(C)C)c1[nH]ccc1C(=O)c1cnc(N2CCc3ccccc32)nc1OCc1ccc(OC)cc1. The second-order valence-electron chi connectivity index (χ2n) is 11.3. The Bertz CT molecular complexity index is 1590. The van der Waals surface area contributed by atoms with E-state index in [1.165, 1.54) is 16.7 Å². The highest BCUT2D eigenvalue weighted by Crippen LogP contribution is 2.34. The van der Waals surface area contributed by atoms with Crippen molar-refractivity contribution in [3.05, 3.63) is 89.2 Å². The highest BCUT2D eigenvalue weighted by Gasteiger charge is 2.30. The average Bonchev–Trinajstić information content (AvgIpc) is 3.65. The largest absolute Gasteiger partial charge is 0.497 e. The van der Waals surface area contributed by atoms with Crippen LogP contribution in [-0.4, -0.2) is 52.6 Å². The standard InChI is InChI=1S/C33H37N5O5/c1-6-18-38(32(40)43-33(2,3)4)29-25(15-17-34-29)28(39)26-20-35-31(37-19-16-23-9-7-8-10-27(23)37)36-30(26)42-21-22-11-13-24(41-5)14-12-22/h7-15,17,20,34H,6,16,18-19,21H2,1-5H3. The topological polar surface area (TPSA) is 110 Å². The summed E-state index contributed by atoms with van der Waals surface area (Å²) in [6.45, 7) is 8.63. The Morgan fingerprint density at radius 3 is 2.53 bits per heavy atom. The predicted molar refractivity (Wildman–Crippen MR) is 165 cm³/mol. The lowest BCUT2D eigenvalue weighted by atomic mass is 10.1. The fourth-order valence-electron chi connectivity index (χ4n) is 4.92. The molecule has 1 amide bonds. The molecule has 0 saturated heterocycles. The Morgan fingerprint density at radius 1 is 1.05 bits per heavy atom. The summed E-state index contributed by atoms with van der Waals surface area (Å²) in [6, 6.07) is 17.3. The first kappa shape index (κ1) is 29.6. The number of amides is 1. The van der Waals surface area contributed by atoms with Gasteiger partial charge in [-0.15, -0.1) is 0 Å². The zero-order chi connectivity index (χ0) is 30.6. The molecule has 1 N–H and O–H groups in total. The van der Waals surface area contributed by atoms with Gasteiger partial charge in [0.1, 0.15) is 29.3 Å². The Balaban J connectivity index is 1.50. The van der Waals surface area contributed by atoms with Crippen molar-refractivity contribution >= 4 is 29.3 Å². The zero-order valence-corrected chi connectivity index (χ0v) is 25.2. The molecule has 0 fully saturated rings. The molecule has 0 atom stereocenters. The van der Waals surface area contributed by atoms with Crippen molar-refractivity contribution in [1.29, 1.82) is 0 Å². The maximum atomic E-state index is 14.1. The van der Waals surface area contributed by atoms with Crippen molar-refractivity contribution in [2.45, 2.75) is 52.7 Å². The molecule has 224 valence electrons. The molecular formula is C33H37N5O5. The summed E-state index contributed by atoms with van der Waals surface area (Å²) in [6.07, 6.45) is 4.12. The molecule has 2 aromatic carbocycles. The first-order valence-corrected chi connectivity index (χ1v) is 14.4. The number of anilines is 3. The van der Waals surface area contributed by atoms with Gasteiger partial charge in [0.15, 0.2) is 0 Å². The molecule has 3 heterocycles. The Hall–Kier alpha value is -4.86. The van der Waals surface area contributed by atoms with Gasteiger partial charge in [-0.1, -0.05) is 37.3 Å². The minimum atomic E-state index is -0.694. The van der Waals surface area contributed by atoms with Crippen LogP contribution in [0.2, 0.25) is 0 Å².